The van der Waals surface area contributed by atoms with Gasteiger partial charge in [0.1, 0.15) is 11.4 Å². The van der Waals surface area contributed by atoms with Crippen molar-refractivity contribution in [3.63, 3.8) is 0 Å². The first-order valence-corrected chi connectivity index (χ1v) is 9.17. The maximum atomic E-state index is 12.4. The number of ketones is 1. The van der Waals surface area contributed by atoms with Crippen molar-refractivity contribution in [1.82, 2.24) is 9.97 Å². The number of hydrogen-bond acceptors (Lipinski definition) is 7. The van der Waals surface area contributed by atoms with E-state index < -0.39 is 0 Å². The van der Waals surface area contributed by atoms with Gasteiger partial charge in [-0.3, -0.25) is 9.59 Å². The molecule has 4 rings (SSSR count). The van der Waals surface area contributed by atoms with Crippen molar-refractivity contribution in [1.29, 1.82) is 0 Å². The number of para-hydroxylation sites is 1. The molecule has 1 aliphatic heterocycles. The van der Waals surface area contributed by atoms with Gasteiger partial charge >= 0.3 is 0 Å². The fraction of sp³-hybridized carbons (Fsp3) is 0.158. The van der Waals surface area contributed by atoms with E-state index in [0.29, 0.717) is 22.7 Å². The van der Waals surface area contributed by atoms with Crippen LogP contribution >= 0.6 is 11.8 Å². The molecule has 1 N–H and O–H groups in total. The molecule has 1 amide bonds. The molecule has 0 spiro atoms. The molecule has 0 atom stereocenters. The molecule has 0 fully saturated rings. The smallest absolute Gasteiger partial charge is 0.234 e. The summed E-state index contributed by atoms with van der Waals surface area (Å²) in [5, 5.41) is 4.40. The minimum atomic E-state index is -0.246. The Bertz CT molecular complexity index is 1050. The van der Waals surface area contributed by atoms with Crippen molar-refractivity contribution in [2.75, 3.05) is 17.9 Å². The van der Waals surface area contributed by atoms with Crippen LogP contribution in [0.25, 0.3) is 10.9 Å². The molecule has 0 saturated heterocycles. The highest BCUT2D eigenvalue weighted by atomic mass is 32.2. The third-order valence-electron chi connectivity index (χ3n) is 4.01. The van der Waals surface area contributed by atoms with Gasteiger partial charge in [0.2, 0.25) is 12.7 Å². The van der Waals surface area contributed by atoms with Gasteiger partial charge in [-0.2, -0.15) is 0 Å². The highest BCUT2D eigenvalue weighted by molar-refractivity contribution is 8.00. The van der Waals surface area contributed by atoms with Gasteiger partial charge in [-0.05, 0) is 19.1 Å². The lowest BCUT2D eigenvalue weighted by Gasteiger charge is -2.11. The van der Waals surface area contributed by atoms with Gasteiger partial charge in [0.25, 0.3) is 0 Å². The van der Waals surface area contributed by atoms with Crippen LogP contribution in [0.3, 0.4) is 0 Å². The fourth-order valence-corrected chi connectivity index (χ4v) is 3.54. The number of nitrogens with zero attached hydrogens (tertiary/aromatic N) is 2. The van der Waals surface area contributed by atoms with Gasteiger partial charge in [-0.15, -0.1) is 0 Å². The van der Waals surface area contributed by atoms with Crippen LogP contribution in [0.1, 0.15) is 17.3 Å². The summed E-state index contributed by atoms with van der Waals surface area (Å²) < 4.78 is 10.6. The van der Waals surface area contributed by atoms with Crippen molar-refractivity contribution in [3.05, 3.63) is 48.3 Å². The predicted octanol–water partition coefficient (Wildman–Crippen LogP) is 3.29. The van der Waals surface area contributed by atoms with E-state index in [0.717, 1.165) is 15.9 Å². The number of rotatable bonds is 5. The molecule has 27 heavy (non-hydrogen) atoms. The maximum Gasteiger partial charge on any atom is 0.234 e. The molecular weight excluding hydrogens is 366 g/mol. The molecule has 3 aromatic rings. The Kier molecular flexibility index (Phi) is 4.64. The predicted molar refractivity (Wildman–Crippen MR) is 101 cm³/mol. The molecule has 0 saturated carbocycles. The molecule has 7 nitrogen and oxygen atoms in total. The van der Waals surface area contributed by atoms with Crippen molar-refractivity contribution < 1.29 is 19.1 Å². The second kappa shape index (κ2) is 7.24. The number of aromatic nitrogens is 2. The molecule has 1 aliphatic rings. The monoisotopic (exact) mass is 381 g/mol. The third-order valence-corrected chi connectivity index (χ3v) is 5.02. The zero-order valence-electron chi connectivity index (χ0n) is 14.4. The number of hydrogen-bond donors (Lipinski definition) is 1. The number of carbonyl (C=O) groups is 2. The highest BCUT2D eigenvalue weighted by Gasteiger charge is 2.20. The normalized spacial score (nSPS) is 12.2. The van der Waals surface area contributed by atoms with Gasteiger partial charge in [-0.1, -0.05) is 30.0 Å². The van der Waals surface area contributed by atoms with Gasteiger partial charge in [0.15, 0.2) is 17.3 Å². The average Bonchev–Trinajstić information content (AvgIpc) is 3.13. The second-order valence-corrected chi connectivity index (χ2v) is 6.80. The van der Waals surface area contributed by atoms with E-state index in [9.17, 15) is 9.59 Å². The van der Waals surface area contributed by atoms with Gasteiger partial charge in [-0.25, -0.2) is 9.97 Å². The molecule has 8 heteroatoms. The molecule has 0 aliphatic carbocycles. The standard InChI is InChI=1S/C19H15N3O4S/c1-11(23)13-6-16-17(26-10-25-16)7-15(13)22-18(24)8-27-19-12-4-2-3-5-14(12)20-9-21-19/h2-7,9H,8,10H2,1H3,(H,22,24). The first-order chi connectivity index (χ1) is 13.1. The quantitative estimate of drug-likeness (QED) is 0.412. The van der Waals surface area contributed by atoms with E-state index in [-0.39, 0.29) is 24.2 Å². The van der Waals surface area contributed by atoms with Gasteiger partial charge < -0.3 is 14.8 Å². The zero-order valence-corrected chi connectivity index (χ0v) is 15.2. The van der Waals surface area contributed by atoms with E-state index >= 15 is 0 Å². The topological polar surface area (TPSA) is 90.4 Å². The number of fused-ring (bicyclic) bond motifs is 2. The number of nitrogens with one attached hydrogen (secondary N) is 1. The summed E-state index contributed by atoms with van der Waals surface area (Å²) in [7, 11) is 0. The molecule has 0 unspecified atom stereocenters. The lowest BCUT2D eigenvalue weighted by Crippen LogP contribution is -2.16. The number of amides is 1. The van der Waals surface area contributed by atoms with Crippen molar-refractivity contribution in [2.24, 2.45) is 0 Å². The first-order valence-electron chi connectivity index (χ1n) is 8.19. The maximum absolute atomic E-state index is 12.4. The molecule has 0 bridgehead atoms. The molecule has 136 valence electrons. The van der Waals surface area contributed by atoms with Crippen molar-refractivity contribution in [3.8, 4) is 11.5 Å². The van der Waals surface area contributed by atoms with E-state index in [2.05, 4.69) is 15.3 Å². The van der Waals surface area contributed by atoms with E-state index in [1.165, 1.54) is 25.0 Å². The van der Waals surface area contributed by atoms with Crippen LogP contribution in [0.2, 0.25) is 0 Å². The lowest BCUT2D eigenvalue weighted by atomic mass is 10.1. The first kappa shape index (κ1) is 17.3. The fourth-order valence-electron chi connectivity index (χ4n) is 2.75. The summed E-state index contributed by atoms with van der Waals surface area (Å²) in [4.78, 5) is 32.8. The lowest BCUT2D eigenvalue weighted by molar-refractivity contribution is -0.113. The van der Waals surface area contributed by atoms with Crippen LogP contribution in [-0.4, -0.2) is 34.2 Å². The minimum Gasteiger partial charge on any atom is -0.454 e. The number of ether oxygens (including phenoxy) is 2. The second-order valence-electron chi connectivity index (χ2n) is 5.84. The Balaban J connectivity index is 1.51. The molecular formula is C19H15N3O4S. The number of Topliss-reactive ketones (excluding diaryl/α,β-unsaturated/α-hetero) is 1. The summed E-state index contributed by atoms with van der Waals surface area (Å²) in [6.45, 7) is 1.54. The number of anilines is 1. The summed E-state index contributed by atoms with van der Waals surface area (Å²) in [5.74, 6) is 0.735. The van der Waals surface area contributed by atoms with Crippen LogP contribution in [0.4, 0.5) is 5.69 Å². The molecule has 1 aromatic heterocycles. The van der Waals surface area contributed by atoms with E-state index in [1.807, 2.05) is 24.3 Å². The molecule has 2 heterocycles. The van der Waals surface area contributed by atoms with Crippen LogP contribution in [0, 0.1) is 0 Å². The Morgan fingerprint density at radius 3 is 2.74 bits per heavy atom. The third kappa shape index (κ3) is 3.56. The summed E-state index contributed by atoms with van der Waals surface area (Å²) in [5.41, 5.74) is 1.61. The Hall–Kier alpha value is -3.13. The number of thioether (sulfide) groups is 1. The Labute approximate surface area is 159 Å². The Morgan fingerprint density at radius 1 is 1.15 bits per heavy atom. The zero-order chi connectivity index (χ0) is 18.8. The Morgan fingerprint density at radius 2 is 1.93 bits per heavy atom. The van der Waals surface area contributed by atoms with E-state index in [4.69, 9.17) is 9.47 Å². The van der Waals surface area contributed by atoms with Gasteiger partial charge in [0, 0.05) is 17.0 Å². The van der Waals surface area contributed by atoms with Crippen molar-refractivity contribution in [2.45, 2.75) is 11.9 Å². The molecule has 2 aromatic carbocycles. The minimum absolute atomic E-state index is 0.0979. The average molecular weight is 381 g/mol. The number of carbonyl (C=O) groups excluding carboxylic acids is 2. The molecule has 0 radical (unpaired) electrons. The number of benzene rings is 2. The van der Waals surface area contributed by atoms with Gasteiger partial charge in [0.05, 0.1) is 17.0 Å². The van der Waals surface area contributed by atoms with Crippen molar-refractivity contribution >= 4 is 40.0 Å². The largest absolute Gasteiger partial charge is 0.454 e. The SMILES string of the molecule is CC(=O)c1cc2c(cc1NC(=O)CSc1ncnc3ccccc13)OCO2. The van der Waals surface area contributed by atoms with Crippen LogP contribution < -0.4 is 14.8 Å². The van der Waals surface area contributed by atoms with Crippen LogP contribution in [-0.2, 0) is 4.79 Å². The summed E-state index contributed by atoms with van der Waals surface area (Å²) >= 11 is 1.31. The highest BCUT2D eigenvalue weighted by Crippen LogP contribution is 2.37. The van der Waals surface area contributed by atoms with E-state index in [1.54, 1.807) is 12.1 Å². The van der Waals surface area contributed by atoms with Crippen LogP contribution in [0.5, 0.6) is 11.5 Å². The van der Waals surface area contributed by atoms with Crippen LogP contribution in [0.15, 0.2) is 47.8 Å². The summed E-state index contributed by atoms with van der Waals surface area (Å²) in [6.07, 6.45) is 1.48. The summed E-state index contributed by atoms with van der Waals surface area (Å²) in [6, 6.07) is 10.8.